The van der Waals surface area contributed by atoms with Gasteiger partial charge in [0.15, 0.2) is 0 Å². The van der Waals surface area contributed by atoms with Gasteiger partial charge in [-0.25, -0.2) is 13.2 Å². The maximum atomic E-state index is 13.3. The van der Waals surface area contributed by atoms with Crippen molar-refractivity contribution in [3.05, 3.63) is 100 Å². The second kappa shape index (κ2) is 10.4. The molecule has 0 bridgehead atoms. The summed E-state index contributed by atoms with van der Waals surface area (Å²) in [6.45, 7) is 0.379. The second-order valence-corrected chi connectivity index (χ2v) is 9.58. The van der Waals surface area contributed by atoms with Crippen LogP contribution in [0.25, 0.3) is 0 Å². The molecule has 0 fully saturated rings. The number of hydrogen-bond acceptors (Lipinski definition) is 4. The molecular weight excluding hydrogens is 448 g/mol. The number of aryl methyl sites for hydroxylation is 1. The molecule has 0 aliphatic carbocycles. The molecule has 0 amide bonds. The highest BCUT2D eigenvalue weighted by atomic mass is 35.5. The van der Waals surface area contributed by atoms with Crippen LogP contribution < -0.4 is 0 Å². The summed E-state index contributed by atoms with van der Waals surface area (Å²) in [5.41, 5.74) is 2.41. The summed E-state index contributed by atoms with van der Waals surface area (Å²) in [5.74, 6) is -1.04. The van der Waals surface area contributed by atoms with Crippen LogP contribution in [0.2, 0.25) is 5.02 Å². The zero-order valence-electron chi connectivity index (χ0n) is 17.1. The minimum Gasteiger partial charge on any atom is -0.478 e. The van der Waals surface area contributed by atoms with Gasteiger partial charge in [-0.15, -0.1) is 0 Å². The molecule has 0 heterocycles. The fourth-order valence-corrected chi connectivity index (χ4v) is 4.79. The predicted molar refractivity (Wildman–Crippen MR) is 122 cm³/mol. The molecule has 3 aromatic rings. The lowest BCUT2D eigenvalue weighted by Crippen LogP contribution is -2.32. The highest BCUT2D eigenvalue weighted by Crippen LogP contribution is 2.22. The van der Waals surface area contributed by atoms with Crippen molar-refractivity contribution in [3.8, 4) is 6.07 Å². The van der Waals surface area contributed by atoms with Crippen molar-refractivity contribution >= 4 is 27.6 Å². The van der Waals surface area contributed by atoms with Crippen LogP contribution in [-0.4, -0.2) is 30.3 Å². The Morgan fingerprint density at radius 3 is 2.09 bits per heavy atom. The van der Waals surface area contributed by atoms with Gasteiger partial charge < -0.3 is 5.11 Å². The van der Waals surface area contributed by atoms with Crippen molar-refractivity contribution in [1.82, 2.24) is 4.31 Å². The number of halogens is 1. The molecule has 0 saturated heterocycles. The van der Waals surface area contributed by atoms with Crippen LogP contribution in [0.1, 0.15) is 33.5 Å². The maximum Gasteiger partial charge on any atom is 0.335 e. The first-order valence-electron chi connectivity index (χ1n) is 9.86. The van der Waals surface area contributed by atoms with Crippen LogP contribution >= 0.6 is 11.6 Å². The third-order valence-corrected chi connectivity index (χ3v) is 7.08. The van der Waals surface area contributed by atoms with Crippen LogP contribution in [0.5, 0.6) is 0 Å². The number of carboxylic acids is 1. The Labute approximate surface area is 192 Å². The average molecular weight is 469 g/mol. The molecule has 8 heteroatoms. The summed E-state index contributed by atoms with van der Waals surface area (Å²) in [4.78, 5) is 11.2. The first kappa shape index (κ1) is 23.5. The standard InChI is InChI=1S/C24H21ClN2O4S/c25-22-11-13-23(14-12-22)32(30,31)27(17-20-7-9-21(10-8-20)24(28)29)15-1-2-18-3-5-19(16-26)6-4-18/h3-14H,1-2,15,17H2,(H,28,29). The smallest absolute Gasteiger partial charge is 0.335 e. The summed E-state index contributed by atoms with van der Waals surface area (Å²) >= 11 is 5.91. The molecule has 0 saturated carbocycles. The van der Waals surface area contributed by atoms with E-state index in [0.717, 1.165) is 5.56 Å². The van der Waals surface area contributed by atoms with Crippen LogP contribution in [0, 0.1) is 11.3 Å². The van der Waals surface area contributed by atoms with Crippen molar-refractivity contribution < 1.29 is 18.3 Å². The van der Waals surface area contributed by atoms with E-state index in [1.165, 1.54) is 40.7 Å². The Balaban J connectivity index is 1.80. The molecular formula is C24H21ClN2O4S. The van der Waals surface area contributed by atoms with E-state index in [-0.39, 0.29) is 23.5 Å². The summed E-state index contributed by atoms with van der Waals surface area (Å²) in [5, 5.41) is 18.4. The molecule has 3 rings (SSSR count). The Bertz CT molecular complexity index is 1220. The van der Waals surface area contributed by atoms with Gasteiger partial charge in [-0.1, -0.05) is 35.9 Å². The number of nitriles is 1. The number of nitrogens with zero attached hydrogens (tertiary/aromatic N) is 2. The van der Waals surface area contributed by atoms with Crippen LogP contribution in [0.3, 0.4) is 0 Å². The molecule has 0 aliphatic heterocycles. The lowest BCUT2D eigenvalue weighted by atomic mass is 10.1. The molecule has 3 aromatic carbocycles. The molecule has 0 aromatic heterocycles. The highest BCUT2D eigenvalue weighted by molar-refractivity contribution is 7.89. The van der Waals surface area contributed by atoms with Crippen LogP contribution in [-0.2, 0) is 23.0 Å². The number of carbonyl (C=O) groups is 1. The normalized spacial score (nSPS) is 11.3. The SMILES string of the molecule is N#Cc1ccc(CCCN(Cc2ccc(C(=O)O)cc2)S(=O)(=O)c2ccc(Cl)cc2)cc1. The zero-order chi connectivity index (χ0) is 23.1. The molecule has 0 spiro atoms. The minimum atomic E-state index is -3.79. The average Bonchev–Trinajstić information content (AvgIpc) is 2.79. The van der Waals surface area contributed by atoms with Gasteiger partial charge in [0, 0.05) is 18.1 Å². The minimum absolute atomic E-state index is 0.109. The first-order valence-corrected chi connectivity index (χ1v) is 11.7. The van der Waals surface area contributed by atoms with Crippen molar-refractivity contribution in [1.29, 1.82) is 5.26 Å². The molecule has 32 heavy (non-hydrogen) atoms. The van der Waals surface area contributed by atoms with Gasteiger partial charge in [-0.3, -0.25) is 0 Å². The molecule has 6 nitrogen and oxygen atoms in total. The Hall–Kier alpha value is -3.18. The number of aromatic carboxylic acids is 1. The van der Waals surface area contributed by atoms with E-state index in [2.05, 4.69) is 6.07 Å². The Kier molecular flexibility index (Phi) is 7.65. The van der Waals surface area contributed by atoms with E-state index in [4.69, 9.17) is 22.0 Å². The summed E-state index contributed by atoms with van der Waals surface area (Å²) in [6, 6.07) is 21.4. The predicted octanol–water partition coefficient (Wildman–Crippen LogP) is 4.73. The summed E-state index contributed by atoms with van der Waals surface area (Å²) < 4.78 is 28.0. The number of benzene rings is 3. The number of rotatable bonds is 9. The molecule has 0 unspecified atom stereocenters. The Morgan fingerprint density at radius 1 is 0.938 bits per heavy atom. The largest absolute Gasteiger partial charge is 0.478 e. The number of carboxylic acid groups (broad SMARTS) is 1. The van der Waals surface area contributed by atoms with Crippen molar-refractivity contribution in [2.45, 2.75) is 24.3 Å². The van der Waals surface area contributed by atoms with Gasteiger partial charge in [-0.05, 0) is 72.5 Å². The van der Waals surface area contributed by atoms with Gasteiger partial charge in [0.2, 0.25) is 10.0 Å². The highest BCUT2D eigenvalue weighted by Gasteiger charge is 2.24. The van der Waals surface area contributed by atoms with Crippen molar-refractivity contribution in [2.75, 3.05) is 6.54 Å². The van der Waals surface area contributed by atoms with Gasteiger partial charge in [0.1, 0.15) is 0 Å². The summed E-state index contributed by atoms with van der Waals surface area (Å²) in [7, 11) is -3.79. The van der Waals surface area contributed by atoms with Crippen LogP contribution in [0.15, 0.2) is 77.7 Å². The van der Waals surface area contributed by atoms with E-state index in [0.29, 0.717) is 29.0 Å². The third-order valence-electron chi connectivity index (χ3n) is 4.97. The third kappa shape index (κ3) is 5.95. The summed E-state index contributed by atoms with van der Waals surface area (Å²) in [6.07, 6.45) is 1.22. The monoisotopic (exact) mass is 468 g/mol. The van der Waals surface area contributed by atoms with E-state index < -0.39 is 16.0 Å². The molecule has 164 valence electrons. The fourth-order valence-electron chi connectivity index (χ4n) is 3.20. The van der Waals surface area contributed by atoms with Crippen LogP contribution in [0.4, 0.5) is 0 Å². The Morgan fingerprint density at radius 2 is 1.53 bits per heavy atom. The topological polar surface area (TPSA) is 98.5 Å². The van der Waals surface area contributed by atoms with Crippen molar-refractivity contribution in [3.63, 3.8) is 0 Å². The second-order valence-electron chi connectivity index (χ2n) is 7.21. The zero-order valence-corrected chi connectivity index (χ0v) is 18.7. The number of hydrogen-bond donors (Lipinski definition) is 1. The number of sulfonamides is 1. The maximum absolute atomic E-state index is 13.3. The lowest BCUT2D eigenvalue weighted by Gasteiger charge is -2.22. The fraction of sp³-hybridized carbons (Fsp3) is 0.167. The van der Waals surface area contributed by atoms with Gasteiger partial charge >= 0.3 is 5.97 Å². The molecule has 1 N–H and O–H groups in total. The van der Waals surface area contributed by atoms with Crippen molar-refractivity contribution in [2.24, 2.45) is 0 Å². The van der Waals surface area contributed by atoms with E-state index in [1.807, 2.05) is 12.1 Å². The molecule has 0 radical (unpaired) electrons. The van der Waals surface area contributed by atoms with Gasteiger partial charge in [0.25, 0.3) is 0 Å². The van der Waals surface area contributed by atoms with Gasteiger partial charge in [0.05, 0.1) is 22.1 Å². The van der Waals surface area contributed by atoms with Gasteiger partial charge in [-0.2, -0.15) is 9.57 Å². The van der Waals surface area contributed by atoms with E-state index >= 15 is 0 Å². The van der Waals surface area contributed by atoms with E-state index in [1.54, 1.807) is 24.3 Å². The molecule has 0 atom stereocenters. The quantitative estimate of drug-likeness (QED) is 0.489. The lowest BCUT2D eigenvalue weighted by molar-refractivity contribution is 0.0697. The molecule has 0 aliphatic rings. The van der Waals surface area contributed by atoms with E-state index in [9.17, 15) is 13.2 Å². The first-order chi connectivity index (χ1) is 15.3.